The lowest BCUT2D eigenvalue weighted by Crippen LogP contribution is -2.56. The lowest BCUT2D eigenvalue weighted by atomic mass is 9.54. The van der Waals surface area contributed by atoms with Crippen LogP contribution in [0.25, 0.3) is 0 Å². The molecule has 0 saturated heterocycles. The van der Waals surface area contributed by atoms with Crippen LogP contribution in [-0.2, 0) is 17.6 Å². The first-order valence-electron chi connectivity index (χ1n) is 14.6. The number of aromatic nitrogens is 2. The Kier molecular flexibility index (Phi) is 6.32. The second-order valence-corrected chi connectivity index (χ2v) is 13.5. The van der Waals surface area contributed by atoms with E-state index in [-0.39, 0.29) is 18.0 Å². The fraction of sp³-hybridized carbons (Fsp3) is 0.828. The van der Waals surface area contributed by atoms with Crippen molar-refractivity contribution in [3.63, 3.8) is 0 Å². The minimum Gasteiger partial charge on any atom is -0.444 e. The zero-order valence-electron chi connectivity index (χ0n) is 22.4. The van der Waals surface area contributed by atoms with Gasteiger partial charge in [0.25, 0.3) is 5.91 Å². The number of alkyl carbamates (subject to hydrolysis) is 1. The van der Waals surface area contributed by atoms with Crippen LogP contribution in [-0.4, -0.2) is 39.5 Å². The summed E-state index contributed by atoms with van der Waals surface area (Å²) < 4.78 is 7.61. The maximum absolute atomic E-state index is 14.1. The van der Waals surface area contributed by atoms with Gasteiger partial charge in [-0.3, -0.25) is 9.48 Å². The first-order chi connectivity index (χ1) is 17.2. The highest BCUT2D eigenvalue weighted by atomic mass is 16.6. The van der Waals surface area contributed by atoms with Gasteiger partial charge in [0.05, 0.1) is 11.7 Å². The Morgan fingerprint density at radius 1 is 0.917 bits per heavy atom. The van der Waals surface area contributed by atoms with Gasteiger partial charge in [0.15, 0.2) is 0 Å². The number of rotatable bonds is 4. The van der Waals surface area contributed by atoms with E-state index in [0.717, 1.165) is 54.5 Å². The normalized spacial score (nSPS) is 33.8. The van der Waals surface area contributed by atoms with Crippen LogP contribution in [0.2, 0.25) is 0 Å². The molecule has 6 aliphatic carbocycles. The van der Waals surface area contributed by atoms with Crippen LogP contribution in [0.4, 0.5) is 4.79 Å². The quantitative estimate of drug-likeness (QED) is 0.590. The van der Waals surface area contributed by atoms with E-state index in [9.17, 15) is 9.59 Å². The first-order valence-corrected chi connectivity index (χ1v) is 14.6. The standard InChI is InChI=1S/C29H44N4O3/c1-29(2,3)36-28(35)30-21-9-10-24-23(16-21)26(33(32-24)22-7-5-4-6-8-22)27(34)31-25-19-12-17-11-18(14-19)15-20(25)13-17/h17-22,25H,4-16H2,1-3H3,(H,30,35)(H,31,34). The number of carbonyl (C=O) groups excluding carboxylic acids is 2. The third-order valence-corrected chi connectivity index (χ3v) is 9.65. The molecule has 7 rings (SSSR count). The van der Waals surface area contributed by atoms with Crippen LogP contribution in [0.1, 0.15) is 119 Å². The molecule has 0 aliphatic heterocycles. The molecule has 1 aromatic heterocycles. The van der Waals surface area contributed by atoms with Crippen LogP contribution < -0.4 is 10.6 Å². The Hall–Kier alpha value is -2.05. The van der Waals surface area contributed by atoms with Gasteiger partial charge in [-0.05, 0) is 109 Å². The van der Waals surface area contributed by atoms with Gasteiger partial charge in [-0.15, -0.1) is 0 Å². The number of amides is 2. The molecule has 2 N–H and O–H groups in total. The van der Waals surface area contributed by atoms with Gasteiger partial charge in [-0.1, -0.05) is 19.3 Å². The van der Waals surface area contributed by atoms with Crippen molar-refractivity contribution in [3.05, 3.63) is 17.0 Å². The summed E-state index contributed by atoms with van der Waals surface area (Å²) in [6.45, 7) is 5.64. The predicted octanol–water partition coefficient (Wildman–Crippen LogP) is 5.32. The van der Waals surface area contributed by atoms with Gasteiger partial charge in [0, 0.05) is 17.6 Å². The van der Waals surface area contributed by atoms with Crippen molar-refractivity contribution in [1.82, 2.24) is 20.4 Å². The van der Waals surface area contributed by atoms with E-state index < -0.39 is 5.60 Å². The highest BCUT2D eigenvalue weighted by Crippen LogP contribution is 2.53. The summed E-state index contributed by atoms with van der Waals surface area (Å²) in [5.41, 5.74) is 2.35. The van der Waals surface area contributed by atoms with Crippen molar-refractivity contribution >= 4 is 12.0 Å². The molecule has 0 aromatic carbocycles. The van der Waals surface area contributed by atoms with Gasteiger partial charge in [0.1, 0.15) is 11.3 Å². The monoisotopic (exact) mass is 496 g/mol. The zero-order chi connectivity index (χ0) is 25.0. The molecular weight excluding hydrogens is 452 g/mol. The molecule has 7 heteroatoms. The number of hydrogen-bond donors (Lipinski definition) is 2. The van der Waals surface area contributed by atoms with Crippen LogP contribution in [0.3, 0.4) is 0 Å². The van der Waals surface area contributed by atoms with E-state index in [2.05, 4.69) is 15.3 Å². The number of aryl methyl sites for hydroxylation is 1. The lowest BCUT2D eigenvalue weighted by Gasteiger charge is -2.54. The third-order valence-electron chi connectivity index (χ3n) is 9.65. The lowest BCUT2D eigenvalue weighted by molar-refractivity contribution is -0.0121. The SMILES string of the molecule is CC(C)(C)OC(=O)NC1CCc2nn(C3CCCCC3)c(C(=O)NC3C4CC5CC(C4)CC3C5)c2C1. The van der Waals surface area contributed by atoms with Crippen LogP contribution in [0.15, 0.2) is 0 Å². The summed E-state index contributed by atoms with van der Waals surface area (Å²) in [7, 11) is 0. The Morgan fingerprint density at radius 2 is 1.58 bits per heavy atom. The summed E-state index contributed by atoms with van der Waals surface area (Å²) in [5.74, 6) is 3.15. The molecule has 1 aromatic rings. The average Bonchev–Trinajstić information content (AvgIpc) is 3.19. The molecule has 1 heterocycles. The predicted molar refractivity (Wildman–Crippen MR) is 138 cm³/mol. The van der Waals surface area contributed by atoms with Crippen LogP contribution >= 0.6 is 0 Å². The Labute approximate surface area is 215 Å². The van der Waals surface area contributed by atoms with E-state index in [0.29, 0.717) is 30.3 Å². The third kappa shape index (κ3) is 4.79. The molecule has 0 spiro atoms. The Balaban J connectivity index is 1.24. The smallest absolute Gasteiger partial charge is 0.407 e. The van der Waals surface area contributed by atoms with Crippen molar-refractivity contribution in [2.24, 2.45) is 23.7 Å². The number of nitrogens with one attached hydrogen (secondary N) is 2. The van der Waals surface area contributed by atoms with Gasteiger partial charge in [-0.25, -0.2) is 4.79 Å². The second kappa shape index (κ2) is 9.36. The summed E-state index contributed by atoms with van der Waals surface area (Å²) >= 11 is 0. The molecule has 5 fully saturated rings. The molecular formula is C29H44N4O3. The fourth-order valence-corrected chi connectivity index (χ4v) is 8.40. The van der Waals surface area contributed by atoms with Crippen molar-refractivity contribution in [3.8, 4) is 0 Å². The fourth-order valence-electron chi connectivity index (χ4n) is 8.40. The molecule has 198 valence electrons. The van der Waals surface area contributed by atoms with Crippen molar-refractivity contribution in [2.45, 2.75) is 128 Å². The molecule has 7 nitrogen and oxygen atoms in total. The Bertz CT molecular complexity index is 975. The average molecular weight is 497 g/mol. The maximum atomic E-state index is 14.1. The second-order valence-electron chi connectivity index (χ2n) is 13.5. The van der Waals surface area contributed by atoms with Gasteiger partial charge in [0.2, 0.25) is 0 Å². The summed E-state index contributed by atoms with van der Waals surface area (Å²) in [6, 6.07) is 0.583. The minimum atomic E-state index is -0.528. The molecule has 5 saturated carbocycles. The molecule has 6 aliphatic rings. The molecule has 2 amide bonds. The van der Waals surface area contributed by atoms with Crippen molar-refractivity contribution in [2.75, 3.05) is 0 Å². The molecule has 4 bridgehead atoms. The van der Waals surface area contributed by atoms with Crippen LogP contribution in [0.5, 0.6) is 0 Å². The summed E-state index contributed by atoms with van der Waals surface area (Å²) in [4.78, 5) is 26.5. The molecule has 1 unspecified atom stereocenters. The van der Waals surface area contributed by atoms with Gasteiger partial charge in [-0.2, -0.15) is 5.10 Å². The summed E-state index contributed by atoms with van der Waals surface area (Å²) in [6.07, 6.45) is 14.3. The number of hydrogen-bond acceptors (Lipinski definition) is 4. The number of fused-ring (bicyclic) bond motifs is 1. The van der Waals surface area contributed by atoms with E-state index in [1.807, 2.05) is 20.8 Å². The van der Waals surface area contributed by atoms with E-state index in [1.54, 1.807) is 0 Å². The molecule has 1 atom stereocenters. The van der Waals surface area contributed by atoms with Gasteiger partial charge < -0.3 is 15.4 Å². The maximum Gasteiger partial charge on any atom is 0.407 e. The highest BCUT2D eigenvalue weighted by molar-refractivity contribution is 5.94. The minimum absolute atomic E-state index is 0.0379. The summed E-state index contributed by atoms with van der Waals surface area (Å²) in [5, 5.41) is 11.7. The van der Waals surface area contributed by atoms with Crippen LogP contribution in [0, 0.1) is 23.7 Å². The number of carbonyl (C=O) groups is 2. The van der Waals surface area contributed by atoms with E-state index >= 15 is 0 Å². The Morgan fingerprint density at radius 3 is 2.22 bits per heavy atom. The number of nitrogens with zero attached hydrogens (tertiary/aromatic N) is 2. The zero-order valence-corrected chi connectivity index (χ0v) is 22.4. The van der Waals surface area contributed by atoms with E-state index in [1.165, 1.54) is 51.4 Å². The van der Waals surface area contributed by atoms with Crippen molar-refractivity contribution < 1.29 is 14.3 Å². The van der Waals surface area contributed by atoms with Crippen molar-refractivity contribution in [1.29, 1.82) is 0 Å². The largest absolute Gasteiger partial charge is 0.444 e. The molecule has 36 heavy (non-hydrogen) atoms. The highest BCUT2D eigenvalue weighted by Gasteiger charge is 2.49. The van der Waals surface area contributed by atoms with E-state index in [4.69, 9.17) is 9.84 Å². The number of ether oxygens (including phenoxy) is 1. The van der Waals surface area contributed by atoms with Gasteiger partial charge >= 0.3 is 6.09 Å². The first kappa shape index (κ1) is 24.3. The molecule has 0 radical (unpaired) electrons. The topological polar surface area (TPSA) is 85.2 Å².